The zero-order valence-electron chi connectivity index (χ0n) is 8.97. The summed E-state index contributed by atoms with van der Waals surface area (Å²) in [6, 6.07) is 3.47. The zero-order valence-corrected chi connectivity index (χ0v) is 9.79. The number of amides is 1. The van der Waals surface area contributed by atoms with Crippen LogP contribution in [0.4, 0.5) is 10.1 Å². The summed E-state index contributed by atoms with van der Waals surface area (Å²) in [7, 11) is 0. The third-order valence-corrected chi connectivity index (χ3v) is 2.52. The van der Waals surface area contributed by atoms with Gasteiger partial charge in [-0.3, -0.25) is 4.79 Å². The van der Waals surface area contributed by atoms with E-state index in [9.17, 15) is 9.18 Å². The van der Waals surface area contributed by atoms with Crippen molar-refractivity contribution in [2.24, 2.45) is 0 Å². The number of halogens is 2. The molecule has 0 spiro atoms. The van der Waals surface area contributed by atoms with Gasteiger partial charge in [0.15, 0.2) is 0 Å². The van der Waals surface area contributed by atoms with Gasteiger partial charge in [-0.1, -0.05) is 6.07 Å². The molecule has 5 heteroatoms. The van der Waals surface area contributed by atoms with Crippen LogP contribution in [-0.4, -0.2) is 12.5 Å². The van der Waals surface area contributed by atoms with E-state index >= 15 is 0 Å². The van der Waals surface area contributed by atoms with Crippen LogP contribution >= 0.6 is 12.4 Å². The molecule has 0 atom stereocenters. The number of hydrogen-bond acceptors (Lipinski definition) is 2. The molecule has 1 aromatic rings. The monoisotopic (exact) mass is 244 g/mol. The topological polar surface area (TPSA) is 41.1 Å². The molecule has 0 unspecified atom stereocenters. The molecule has 2 N–H and O–H groups in total. The highest BCUT2D eigenvalue weighted by Crippen LogP contribution is 2.24. The molecule has 0 aromatic heterocycles. The van der Waals surface area contributed by atoms with Gasteiger partial charge < -0.3 is 10.6 Å². The maximum absolute atomic E-state index is 13.9. The summed E-state index contributed by atoms with van der Waals surface area (Å²) in [6.45, 7) is 2.86. The highest BCUT2D eigenvalue weighted by Gasteiger charge is 2.16. The summed E-state index contributed by atoms with van der Waals surface area (Å²) in [4.78, 5) is 10.8. The third-order valence-electron chi connectivity index (χ3n) is 2.52. The first kappa shape index (κ1) is 12.9. The van der Waals surface area contributed by atoms with Gasteiger partial charge in [-0.05, 0) is 30.2 Å². The van der Waals surface area contributed by atoms with E-state index in [1.165, 1.54) is 6.92 Å². The van der Waals surface area contributed by atoms with Gasteiger partial charge in [0.25, 0.3) is 0 Å². The molecule has 0 saturated heterocycles. The van der Waals surface area contributed by atoms with Gasteiger partial charge in [0, 0.05) is 13.5 Å². The SMILES string of the molecule is CC(=O)Nc1ccc2c(c1F)CCNC2.Cl. The van der Waals surface area contributed by atoms with Crippen LogP contribution in [0.25, 0.3) is 0 Å². The number of nitrogens with one attached hydrogen (secondary N) is 2. The first-order valence-electron chi connectivity index (χ1n) is 4.97. The van der Waals surface area contributed by atoms with Gasteiger partial charge in [0.2, 0.25) is 5.91 Å². The van der Waals surface area contributed by atoms with Crippen molar-refractivity contribution < 1.29 is 9.18 Å². The Morgan fingerprint density at radius 2 is 2.25 bits per heavy atom. The van der Waals surface area contributed by atoms with E-state index in [-0.39, 0.29) is 29.8 Å². The Hall–Kier alpha value is -1.13. The number of fused-ring (bicyclic) bond motifs is 1. The van der Waals surface area contributed by atoms with E-state index in [1.807, 2.05) is 6.07 Å². The first-order chi connectivity index (χ1) is 7.18. The molecule has 1 heterocycles. The summed E-state index contributed by atoms with van der Waals surface area (Å²) < 4.78 is 13.9. The molecule has 3 nitrogen and oxygen atoms in total. The molecule has 1 aromatic carbocycles. The molecule has 88 valence electrons. The number of carbonyl (C=O) groups is 1. The standard InChI is InChI=1S/C11H13FN2O.ClH/c1-7(15)14-10-3-2-8-6-13-5-4-9(8)11(10)12;/h2-3,13H,4-6H2,1H3,(H,14,15);1H. The minimum atomic E-state index is -0.288. The average Bonchev–Trinajstić information content (AvgIpc) is 2.22. The van der Waals surface area contributed by atoms with Gasteiger partial charge in [-0.15, -0.1) is 12.4 Å². The van der Waals surface area contributed by atoms with Gasteiger partial charge in [0.1, 0.15) is 5.82 Å². The van der Waals surface area contributed by atoms with E-state index in [0.29, 0.717) is 13.0 Å². The fraction of sp³-hybridized carbons (Fsp3) is 0.364. The van der Waals surface area contributed by atoms with Crippen LogP contribution in [0.1, 0.15) is 18.1 Å². The van der Waals surface area contributed by atoms with Crippen LogP contribution in [-0.2, 0) is 17.8 Å². The maximum Gasteiger partial charge on any atom is 0.221 e. The lowest BCUT2D eigenvalue weighted by Gasteiger charge is -2.19. The zero-order chi connectivity index (χ0) is 10.8. The van der Waals surface area contributed by atoms with Gasteiger partial charge in [-0.2, -0.15) is 0 Å². The van der Waals surface area contributed by atoms with Gasteiger partial charge in [-0.25, -0.2) is 4.39 Å². The van der Waals surface area contributed by atoms with Crippen molar-refractivity contribution in [1.82, 2.24) is 5.32 Å². The van der Waals surface area contributed by atoms with Crippen LogP contribution in [0.5, 0.6) is 0 Å². The molecule has 0 aliphatic carbocycles. The normalized spacial score (nSPS) is 13.6. The quantitative estimate of drug-likeness (QED) is 0.792. The van der Waals surface area contributed by atoms with Crippen LogP contribution in [0.15, 0.2) is 12.1 Å². The second-order valence-corrected chi connectivity index (χ2v) is 3.67. The predicted molar refractivity (Wildman–Crippen MR) is 63.4 cm³/mol. The van der Waals surface area contributed by atoms with E-state index in [4.69, 9.17) is 0 Å². The predicted octanol–water partition coefficient (Wildman–Crippen LogP) is 1.85. The van der Waals surface area contributed by atoms with Crippen molar-refractivity contribution in [1.29, 1.82) is 0 Å². The number of anilines is 1. The second kappa shape index (κ2) is 5.27. The lowest BCUT2D eigenvalue weighted by atomic mass is 9.99. The number of benzene rings is 1. The molecule has 1 aliphatic rings. The minimum absolute atomic E-state index is 0. The smallest absolute Gasteiger partial charge is 0.221 e. The van der Waals surface area contributed by atoms with Crippen LogP contribution in [0.3, 0.4) is 0 Å². The molecule has 2 rings (SSSR count). The Morgan fingerprint density at radius 3 is 2.94 bits per heavy atom. The molecule has 0 fully saturated rings. The van der Waals surface area contributed by atoms with Crippen molar-refractivity contribution in [3.63, 3.8) is 0 Å². The molecule has 16 heavy (non-hydrogen) atoms. The van der Waals surface area contributed by atoms with Crippen molar-refractivity contribution >= 4 is 24.0 Å². The third kappa shape index (κ3) is 2.51. The van der Waals surface area contributed by atoms with Crippen LogP contribution in [0.2, 0.25) is 0 Å². The molecule has 0 saturated carbocycles. The van der Waals surface area contributed by atoms with Gasteiger partial charge >= 0.3 is 0 Å². The van der Waals surface area contributed by atoms with Gasteiger partial charge in [0.05, 0.1) is 5.69 Å². The molecule has 0 bridgehead atoms. The summed E-state index contributed by atoms with van der Waals surface area (Å²) in [5, 5.41) is 5.66. The fourth-order valence-corrected chi connectivity index (χ4v) is 1.82. The Morgan fingerprint density at radius 1 is 1.50 bits per heavy atom. The highest BCUT2D eigenvalue weighted by atomic mass is 35.5. The maximum atomic E-state index is 13.9. The highest BCUT2D eigenvalue weighted by molar-refractivity contribution is 5.89. The lowest BCUT2D eigenvalue weighted by molar-refractivity contribution is -0.114. The van der Waals surface area contributed by atoms with E-state index in [2.05, 4.69) is 10.6 Å². The Balaban J connectivity index is 0.00000128. The summed E-state index contributed by atoms with van der Waals surface area (Å²) >= 11 is 0. The van der Waals surface area contributed by atoms with Crippen LogP contribution in [0, 0.1) is 5.82 Å². The largest absolute Gasteiger partial charge is 0.324 e. The van der Waals surface area contributed by atoms with E-state index in [1.54, 1.807) is 6.07 Å². The Labute approximate surface area is 99.8 Å². The fourth-order valence-electron chi connectivity index (χ4n) is 1.82. The van der Waals surface area contributed by atoms with E-state index in [0.717, 1.165) is 17.7 Å². The molecule has 0 radical (unpaired) electrons. The Kier molecular flexibility index (Phi) is 4.26. The summed E-state index contributed by atoms with van der Waals surface area (Å²) in [6.07, 6.45) is 0.675. The van der Waals surface area contributed by atoms with E-state index < -0.39 is 0 Å². The molecular formula is C11H14ClFN2O. The Bertz CT molecular complexity index is 409. The first-order valence-corrected chi connectivity index (χ1v) is 4.97. The lowest BCUT2D eigenvalue weighted by Crippen LogP contribution is -2.25. The van der Waals surface area contributed by atoms with Crippen LogP contribution < -0.4 is 10.6 Å². The van der Waals surface area contributed by atoms with Crippen molar-refractivity contribution in [2.45, 2.75) is 19.9 Å². The van der Waals surface area contributed by atoms with Crippen molar-refractivity contribution in [3.05, 3.63) is 29.1 Å². The second-order valence-electron chi connectivity index (χ2n) is 3.67. The minimum Gasteiger partial charge on any atom is -0.324 e. The summed E-state index contributed by atoms with van der Waals surface area (Å²) in [5.74, 6) is -0.535. The number of rotatable bonds is 1. The number of carbonyl (C=O) groups excluding carboxylic acids is 1. The van der Waals surface area contributed by atoms with Crippen molar-refractivity contribution in [3.8, 4) is 0 Å². The number of hydrogen-bond donors (Lipinski definition) is 2. The molecular weight excluding hydrogens is 231 g/mol. The molecule has 1 amide bonds. The average molecular weight is 245 g/mol. The molecule has 1 aliphatic heterocycles. The van der Waals surface area contributed by atoms with Crippen molar-refractivity contribution in [2.75, 3.05) is 11.9 Å². The summed E-state index contributed by atoms with van der Waals surface area (Å²) in [5.41, 5.74) is 1.98.